The average molecular weight is 1110 g/mol. The van der Waals surface area contributed by atoms with Crippen LogP contribution in [-0.2, 0) is 28.6 Å². The lowest BCUT2D eigenvalue weighted by Crippen LogP contribution is -2.30. The van der Waals surface area contributed by atoms with Gasteiger partial charge < -0.3 is 14.2 Å². The predicted molar refractivity (Wildman–Crippen MR) is 348 cm³/mol. The van der Waals surface area contributed by atoms with Gasteiger partial charge in [0.2, 0.25) is 0 Å². The maximum absolute atomic E-state index is 12.9. The lowest BCUT2D eigenvalue weighted by Gasteiger charge is -2.18. The highest BCUT2D eigenvalue weighted by Crippen LogP contribution is 2.16. The molecule has 0 aliphatic carbocycles. The van der Waals surface area contributed by atoms with Gasteiger partial charge >= 0.3 is 17.9 Å². The fourth-order valence-electron chi connectivity index (χ4n) is 9.00. The van der Waals surface area contributed by atoms with E-state index in [1.54, 1.807) is 0 Å². The maximum Gasteiger partial charge on any atom is 0.306 e. The molecule has 0 bridgehead atoms. The number of hydrogen-bond acceptors (Lipinski definition) is 6. The first-order valence-corrected chi connectivity index (χ1v) is 33.2. The molecule has 0 heterocycles. The Kier molecular flexibility index (Phi) is 63.3. The van der Waals surface area contributed by atoms with E-state index in [4.69, 9.17) is 14.2 Å². The lowest BCUT2D eigenvalue weighted by atomic mass is 10.0. The molecule has 80 heavy (non-hydrogen) atoms. The summed E-state index contributed by atoms with van der Waals surface area (Å²) >= 11 is 0. The van der Waals surface area contributed by atoms with Crippen LogP contribution in [0.15, 0.2) is 134 Å². The third kappa shape index (κ3) is 64.4. The molecule has 0 fully saturated rings. The average Bonchev–Trinajstić information content (AvgIpc) is 3.46. The molecule has 0 rings (SSSR count). The molecule has 0 aromatic rings. The van der Waals surface area contributed by atoms with Gasteiger partial charge in [0, 0.05) is 19.3 Å². The lowest BCUT2D eigenvalue weighted by molar-refractivity contribution is -0.167. The van der Waals surface area contributed by atoms with E-state index < -0.39 is 6.10 Å². The van der Waals surface area contributed by atoms with Gasteiger partial charge in [-0.25, -0.2) is 0 Å². The minimum Gasteiger partial charge on any atom is -0.462 e. The van der Waals surface area contributed by atoms with Crippen molar-refractivity contribution in [1.82, 2.24) is 0 Å². The van der Waals surface area contributed by atoms with Crippen molar-refractivity contribution < 1.29 is 28.6 Å². The van der Waals surface area contributed by atoms with Crippen molar-refractivity contribution in [3.63, 3.8) is 0 Å². The van der Waals surface area contributed by atoms with E-state index in [0.29, 0.717) is 19.3 Å². The second-order valence-corrected chi connectivity index (χ2v) is 21.6. The fraction of sp³-hybridized carbons (Fsp3) is 0.662. The molecule has 0 aliphatic rings. The Morgan fingerprint density at radius 1 is 0.263 bits per heavy atom. The second-order valence-electron chi connectivity index (χ2n) is 21.6. The topological polar surface area (TPSA) is 78.9 Å². The second kappa shape index (κ2) is 67.1. The van der Waals surface area contributed by atoms with Crippen molar-refractivity contribution in [1.29, 1.82) is 0 Å². The molecular formula is C74H122O6. The molecule has 0 saturated heterocycles. The van der Waals surface area contributed by atoms with Crippen LogP contribution in [0.4, 0.5) is 0 Å². The summed E-state index contributed by atoms with van der Waals surface area (Å²) in [6.07, 6.45) is 94.8. The van der Waals surface area contributed by atoms with Gasteiger partial charge in [0.15, 0.2) is 6.10 Å². The number of rotatable bonds is 59. The quantitative estimate of drug-likeness (QED) is 0.0261. The van der Waals surface area contributed by atoms with Crippen LogP contribution in [0.2, 0.25) is 0 Å². The van der Waals surface area contributed by atoms with Crippen LogP contribution >= 0.6 is 0 Å². The van der Waals surface area contributed by atoms with E-state index in [1.165, 1.54) is 128 Å². The van der Waals surface area contributed by atoms with E-state index in [0.717, 1.165) is 122 Å². The molecule has 0 radical (unpaired) electrons. The Morgan fingerprint density at radius 2 is 0.487 bits per heavy atom. The molecule has 0 saturated carbocycles. The zero-order chi connectivity index (χ0) is 57.8. The number of allylic oxidation sites excluding steroid dienone is 22. The van der Waals surface area contributed by atoms with Crippen molar-refractivity contribution >= 4 is 17.9 Å². The number of ether oxygens (including phenoxy) is 3. The molecule has 0 amide bonds. The standard InChI is InChI=1S/C74H122O6/c1-4-7-10-13-16-19-22-24-26-28-30-32-33-34-35-36-37-38-39-40-41-43-44-46-48-50-52-55-58-61-64-67-73(76)79-70-71(69-78-72(75)66-63-60-57-54-21-18-15-12-9-6-3)80-74(77)68-65-62-59-56-53-51-49-47-45-42-31-29-27-25-23-20-17-14-11-8-5-2/h7-8,10-11,16-17,19-20,24-27,30-32,34-35,42,47,49,53,56,71H,4-6,9,12-15,18,21-23,28-29,33,36-41,43-46,48,50-52,54-55,57-70H2,1-3H3/b10-7-,11-8-,19-16-,20-17-,26-24-,27-25-,32-30-,35-34-,42-31-,49-47-,56-53-. The summed E-state index contributed by atoms with van der Waals surface area (Å²) in [7, 11) is 0. The molecule has 0 aromatic heterocycles. The molecule has 454 valence electrons. The zero-order valence-corrected chi connectivity index (χ0v) is 52.0. The maximum atomic E-state index is 12.9. The molecule has 0 aliphatic heterocycles. The highest BCUT2D eigenvalue weighted by atomic mass is 16.6. The van der Waals surface area contributed by atoms with Crippen LogP contribution in [0, 0.1) is 0 Å². The third-order valence-corrected chi connectivity index (χ3v) is 13.9. The van der Waals surface area contributed by atoms with Gasteiger partial charge in [0.05, 0.1) is 0 Å². The Hall–Kier alpha value is -4.45. The molecule has 1 unspecified atom stereocenters. The van der Waals surface area contributed by atoms with Gasteiger partial charge in [-0.1, -0.05) is 296 Å². The number of carbonyl (C=O) groups is 3. The summed E-state index contributed by atoms with van der Waals surface area (Å²) in [6, 6.07) is 0. The number of hydrogen-bond donors (Lipinski definition) is 0. The first kappa shape index (κ1) is 75.5. The Balaban J connectivity index is 4.25. The third-order valence-electron chi connectivity index (χ3n) is 13.9. The Labute approximate surface area is 494 Å². The van der Waals surface area contributed by atoms with E-state index in [2.05, 4.69) is 154 Å². The monoisotopic (exact) mass is 1110 g/mol. The molecule has 0 N–H and O–H groups in total. The minimum atomic E-state index is -0.803. The van der Waals surface area contributed by atoms with Gasteiger partial charge in [-0.2, -0.15) is 0 Å². The first-order chi connectivity index (χ1) is 39.5. The predicted octanol–water partition coefficient (Wildman–Crippen LogP) is 22.9. The van der Waals surface area contributed by atoms with Crippen molar-refractivity contribution in [2.75, 3.05) is 13.2 Å². The van der Waals surface area contributed by atoms with Gasteiger partial charge in [-0.15, -0.1) is 0 Å². The van der Waals surface area contributed by atoms with Crippen molar-refractivity contribution in [2.45, 2.75) is 303 Å². The zero-order valence-electron chi connectivity index (χ0n) is 52.0. The SMILES string of the molecule is CC/C=C\C/C=C\C/C=C\C/C=C\C/C=C\C/C=C\CCCCC(=O)OC(COC(=O)CCCCCCCCCCCC)COC(=O)CCCCCCCCCCCCCCCCC/C=C\C/C=C\C/C=C\C/C=C\C/C=C\CC. The van der Waals surface area contributed by atoms with Crippen LogP contribution in [0.1, 0.15) is 297 Å². The van der Waals surface area contributed by atoms with Crippen LogP contribution < -0.4 is 0 Å². The summed E-state index contributed by atoms with van der Waals surface area (Å²) in [5.74, 6) is -0.936. The van der Waals surface area contributed by atoms with E-state index >= 15 is 0 Å². The summed E-state index contributed by atoms with van der Waals surface area (Å²) in [4.78, 5) is 38.2. The van der Waals surface area contributed by atoms with Crippen molar-refractivity contribution in [3.05, 3.63) is 134 Å². The van der Waals surface area contributed by atoms with E-state index in [9.17, 15) is 14.4 Å². The minimum absolute atomic E-state index is 0.0956. The molecule has 6 heteroatoms. The van der Waals surface area contributed by atoms with Crippen molar-refractivity contribution in [2.24, 2.45) is 0 Å². The highest BCUT2D eigenvalue weighted by molar-refractivity contribution is 5.71. The Bertz CT molecular complexity index is 1700. The highest BCUT2D eigenvalue weighted by Gasteiger charge is 2.19. The fourth-order valence-corrected chi connectivity index (χ4v) is 9.00. The smallest absolute Gasteiger partial charge is 0.306 e. The summed E-state index contributed by atoms with van der Waals surface area (Å²) in [6.45, 7) is 6.38. The van der Waals surface area contributed by atoms with E-state index in [-0.39, 0.29) is 37.5 Å². The van der Waals surface area contributed by atoms with Gasteiger partial charge in [0.25, 0.3) is 0 Å². The molecule has 0 spiro atoms. The van der Waals surface area contributed by atoms with Crippen LogP contribution in [0.3, 0.4) is 0 Å². The molecule has 6 nitrogen and oxygen atoms in total. The van der Waals surface area contributed by atoms with Crippen LogP contribution in [-0.4, -0.2) is 37.2 Å². The van der Waals surface area contributed by atoms with Crippen LogP contribution in [0.25, 0.3) is 0 Å². The number of esters is 3. The first-order valence-electron chi connectivity index (χ1n) is 33.2. The molecular weight excluding hydrogens is 985 g/mol. The normalized spacial score (nSPS) is 13.0. The van der Waals surface area contributed by atoms with Crippen molar-refractivity contribution in [3.8, 4) is 0 Å². The number of unbranched alkanes of at least 4 members (excludes halogenated alkanes) is 26. The Morgan fingerprint density at radius 3 is 0.787 bits per heavy atom. The van der Waals surface area contributed by atoms with Gasteiger partial charge in [0.1, 0.15) is 13.2 Å². The summed E-state index contributed by atoms with van der Waals surface area (Å²) < 4.78 is 16.9. The number of carbonyl (C=O) groups excluding carboxylic acids is 3. The largest absolute Gasteiger partial charge is 0.462 e. The van der Waals surface area contributed by atoms with Gasteiger partial charge in [-0.05, 0) is 116 Å². The molecule has 1 atom stereocenters. The van der Waals surface area contributed by atoms with E-state index in [1.807, 2.05) is 0 Å². The van der Waals surface area contributed by atoms with Gasteiger partial charge in [-0.3, -0.25) is 14.4 Å². The summed E-state index contributed by atoms with van der Waals surface area (Å²) in [5, 5.41) is 0. The molecule has 0 aromatic carbocycles. The summed E-state index contributed by atoms with van der Waals surface area (Å²) in [5.41, 5.74) is 0. The van der Waals surface area contributed by atoms with Crippen LogP contribution in [0.5, 0.6) is 0 Å².